The summed E-state index contributed by atoms with van der Waals surface area (Å²) in [6, 6.07) is 6.94. The van der Waals surface area contributed by atoms with Crippen molar-refractivity contribution in [3.63, 3.8) is 0 Å². The molecule has 2 aliphatic rings. The highest BCUT2D eigenvalue weighted by molar-refractivity contribution is 5.03. The topological polar surface area (TPSA) is 24.9 Å². The maximum atomic E-state index is 4.38. The summed E-state index contributed by atoms with van der Waals surface area (Å²) in [6.45, 7) is 1.08. The molecule has 3 rings (SSSR count). The average molecular weight is 258 g/mol. The van der Waals surface area contributed by atoms with Gasteiger partial charge in [0.15, 0.2) is 0 Å². The van der Waals surface area contributed by atoms with Crippen LogP contribution in [0.15, 0.2) is 24.4 Å². The Morgan fingerprint density at radius 1 is 1.11 bits per heavy atom. The number of aromatic nitrogens is 1. The molecule has 0 bridgehead atoms. The first-order valence-corrected chi connectivity index (χ1v) is 8.00. The van der Waals surface area contributed by atoms with Gasteiger partial charge in [0.2, 0.25) is 0 Å². The summed E-state index contributed by atoms with van der Waals surface area (Å²) < 4.78 is 0. The summed E-state index contributed by atoms with van der Waals surface area (Å²) in [7, 11) is 0. The molecule has 1 heterocycles. The Morgan fingerprint density at radius 2 is 1.89 bits per heavy atom. The van der Waals surface area contributed by atoms with E-state index < -0.39 is 0 Å². The van der Waals surface area contributed by atoms with Gasteiger partial charge >= 0.3 is 0 Å². The van der Waals surface area contributed by atoms with Crippen molar-refractivity contribution in [2.45, 2.75) is 63.8 Å². The van der Waals surface area contributed by atoms with Gasteiger partial charge in [0.05, 0.1) is 0 Å². The molecule has 1 aromatic rings. The summed E-state index contributed by atoms with van der Waals surface area (Å²) in [4.78, 5) is 4.38. The monoisotopic (exact) mass is 258 g/mol. The first-order chi connectivity index (χ1) is 9.36. The van der Waals surface area contributed by atoms with E-state index in [1.54, 1.807) is 0 Å². The highest BCUT2D eigenvalue weighted by Gasteiger charge is 2.37. The molecule has 0 saturated heterocycles. The quantitative estimate of drug-likeness (QED) is 0.890. The number of pyridine rings is 1. The third-order valence-electron chi connectivity index (χ3n) is 5.25. The molecular weight excluding hydrogens is 232 g/mol. The number of hydrogen-bond acceptors (Lipinski definition) is 2. The second-order valence-corrected chi connectivity index (χ2v) is 6.51. The molecule has 2 saturated carbocycles. The Balaban J connectivity index is 1.38. The van der Waals surface area contributed by atoms with Gasteiger partial charge in [-0.15, -0.1) is 0 Å². The van der Waals surface area contributed by atoms with Crippen LogP contribution in [0.3, 0.4) is 0 Å². The van der Waals surface area contributed by atoms with Gasteiger partial charge in [-0.1, -0.05) is 18.9 Å². The fraction of sp³-hybridized carbons (Fsp3) is 0.706. The summed E-state index contributed by atoms with van der Waals surface area (Å²) >= 11 is 0. The largest absolute Gasteiger partial charge is 0.314 e. The smallest absolute Gasteiger partial charge is 0.0416 e. The fourth-order valence-corrected chi connectivity index (χ4v) is 4.01. The molecule has 1 N–H and O–H groups in total. The molecule has 2 heteroatoms. The maximum Gasteiger partial charge on any atom is 0.0416 e. The molecule has 0 unspecified atom stereocenters. The first-order valence-electron chi connectivity index (χ1n) is 8.00. The van der Waals surface area contributed by atoms with Gasteiger partial charge in [-0.2, -0.15) is 0 Å². The van der Waals surface area contributed by atoms with E-state index in [0.717, 1.165) is 24.4 Å². The van der Waals surface area contributed by atoms with E-state index in [9.17, 15) is 0 Å². The Labute approximate surface area is 117 Å². The van der Waals surface area contributed by atoms with Crippen LogP contribution in [0.4, 0.5) is 0 Å². The molecule has 0 amide bonds. The molecule has 1 aromatic heterocycles. The number of hydrogen-bond donors (Lipinski definition) is 1. The molecule has 0 atom stereocenters. The van der Waals surface area contributed by atoms with Crippen molar-refractivity contribution in [3.05, 3.63) is 30.1 Å². The van der Waals surface area contributed by atoms with E-state index >= 15 is 0 Å². The molecule has 1 spiro atoms. The van der Waals surface area contributed by atoms with E-state index in [1.807, 2.05) is 12.3 Å². The van der Waals surface area contributed by atoms with Gasteiger partial charge in [0, 0.05) is 30.9 Å². The van der Waals surface area contributed by atoms with E-state index in [1.165, 1.54) is 57.1 Å². The Kier molecular flexibility index (Phi) is 4.17. The maximum absolute atomic E-state index is 4.38. The third-order valence-corrected chi connectivity index (χ3v) is 5.25. The van der Waals surface area contributed by atoms with E-state index in [4.69, 9.17) is 0 Å². The Morgan fingerprint density at radius 3 is 2.58 bits per heavy atom. The van der Waals surface area contributed by atoms with Gasteiger partial charge in [0.25, 0.3) is 0 Å². The van der Waals surface area contributed by atoms with E-state index in [0.29, 0.717) is 0 Å². The summed E-state index contributed by atoms with van der Waals surface area (Å²) in [5.74, 6) is 0. The Hall–Kier alpha value is -0.890. The van der Waals surface area contributed by atoms with Crippen LogP contribution in [0.1, 0.15) is 57.1 Å². The lowest BCUT2D eigenvalue weighted by molar-refractivity contribution is 0.169. The minimum atomic E-state index is 0.759. The summed E-state index contributed by atoms with van der Waals surface area (Å²) in [5.41, 5.74) is 1.97. The van der Waals surface area contributed by atoms with E-state index in [2.05, 4.69) is 22.4 Å². The van der Waals surface area contributed by atoms with Crippen molar-refractivity contribution < 1.29 is 0 Å². The second kappa shape index (κ2) is 6.04. The highest BCUT2D eigenvalue weighted by atomic mass is 14.9. The first kappa shape index (κ1) is 13.1. The van der Waals surface area contributed by atoms with Gasteiger partial charge in [-0.3, -0.25) is 4.98 Å². The normalized spacial score (nSPS) is 22.9. The molecule has 2 fully saturated rings. The number of nitrogens with one attached hydrogen (secondary N) is 1. The lowest BCUT2D eigenvalue weighted by atomic mass is 9.71. The van der Waals surface area contributed by atoms with Crippen LogP contribution < -0.4 is 5.32 Å². The fourth-order valence-electron chi connectivity index (χ4n) is 4.01. The summed E-state index contributed by atoms with van der Waals surface area (Å²) in [6.07, 6.45) is 14.6. The minimum absolute atomic E-state index is 0.759. The molecule has 19 heavy (non-hydrogen) atoms. The molecule has 0 aromatic carbocycles. The van der Waals surface area contributed by atoms with Gasteiger partial charge in [-0.05, 0) is 56.1 Å². The number of rotatable bonds is 4. The summed E-state index contributed by atoms with van der Waals surface area (Å²) in [5, 5.41) is 3.74. The lowest BCUT2D eigenvalue weighted by Crippen LogP contribution is -2.37. The number of nitrogens with zero attached hydrogens (tertiary/aromatic N) is 1. The molecule has 0 aliphatic heterocycles. The van der Waals surface area contributed by atoms with Crippen LogP contribution in [-0.2, 0) is 6.42 Å². The van der Waals surface area contributed by atoms with Crippen LogP contribution in [0, 0.1) is 5.41 Å². The molecule has 2 aliphatic carbocycles. The SMILES string of the molecule is c1ccc(CCNC2CCC3(CCCC3)CC2)nc1. The van der Waals surface area contributed by atoms with Crippen LogP contribution in [0.25, 0.3) is 0 Å². The Bertz CT molecular complexity index is 372. The van der Waals surface area contributed by atoms with Crippen LogP contribution in [0.2, 0.25) is 0 Å². The molecular formula is C17H26N2. The molecule has 0 radical (unpaired) electrons. The van der Waals surface area contributed by atoms with Gasteiger partial charge in [-0.25, -0.2) is 0 Å². The zero-order valence-electron chi connectivity index (χ0n) is 11.9. The van der Waals surface area contributed by atoms with E-state index in [-0.39, 0.29) is 0 Å². The minimum Gasteiger partial charge on any atom is -0.314 e. The van der Waals surface area contributed by atoms with Crippen LogP contribution in [-0.4, -0.2) is 17.6 Å². The zero-order chi connectivity index (χ0) is 13.0. The highest BCUT2D eigenvalue weighted by Crippen LogP contribution is 2.48. The van der Waals surface area contributed by atoms with Crippen molar-refractivity contribution in [3.8, 4) is 0 Å². The van der Waals surface area contributed by atoms with Crippen molar-refractivity contribution in [2.24, 2.45) is 5.41 Å². The molecule has 104 valence electrons. The predicted octanol–water partition coefficient (Wildman–Crippen LogP) is 3.72. The third kappa shape index (κ3) is 3.36. The lowest BCUT2D eigenvalue weighted by Gasteiger charge is -2.37. The van der Waals surface area contributed by atoms with Gasteiger partial charge in [0.1, 0.15) is 0 Å². The van der Waals surface area contributed by atoms with Crippen LogP contribution in [0.5, 0.6) is 0 Å². The standard InChI is InChI=1S/C17H26N2/c1-4-13-18-15(5-1)8-14-19-16-6-11-17(12-7-16)9-2-3-10-17/h1,4-5,13,16,19H,2-3,6-12,14H2. The second-order valence-electron chi connectivity index (χ2n) is 6.51. The zero-order valence-corrected chi connectivity index (χ0v) is 11.9. The van der Waals surface area contributed by atoms with Crippen molar-refractivity contribution in [1.29, 1.82) is 0 Å². The predicted molar refractivity (Wildman–Crippen MR) is 79.1 cm³/mol. The van der Waals surface area contributed by atoms with Crippen molar-refractivity contribution >= 4 is 0 Å². The van der Waals surface area contributed by atoms with Gasteiger partial charge < -0.3 is 5.32 Å². The van der Waals surface area contributed by atoms with Crippen LogP contribution >= 0.6 is 0 Å². The van der Waals surface area contributed by atoms with Crippen molar-refractivity contribution in [1.82, 2.24) is 10.3 Å². The molecule has 2 nitrogen and oxygen atoms in total. The average Bonchev–Trinajstić information content (AvgIpc) is 2.91. The van der Waals surface area contributed by atoms with Crippen molar-refractivity contribution in [2.75, 3.05) is 6.54 Å².